The van der Waals surface area contributed by atoms with Gasteiger partial charge in [0, 0.05) is 23.7 Å². The maximum Gasteiger partial charge on any atom is 0.0535 e. The van der Waals surface area contributed by atoms with Crippen molar-refractivity contribution in [3.8, 4) is 0 Å². The lowest BCUT2D eigenvalue weighted by atomic mass is 9.51. The topological polar surface area (TPSA) is 40.7 Å². The summed E-state index contributed by atoms with van der Waals surface area (Å²) in [6.45, 7) is 0.953. The predicted octanol–water partition coefficient (Wildman–Crippen LogP) is 2.67. The molecule has 4 aliphatic rings. The second kappa shape index (κ2) is 4.09. The molecular weight excluding hydrogens is 222 g/mol. The normalized spacial score (nSPS) is 41.5. The maximum atomic E-state index is 4.31. The molecule has 0 spiro atoms. The van der Waals surface area contributed by atoms with E-state index in [9.17, 15) is 0 Å². The average molecular weight is 245 g/mol. The maximum absolute atomic E-state index is 4.31. The molecule has 4 aliphatic carbocycles. The third-order valence-corrected chi connectivity index (χ3v) is 5.68. The van der Waals surface area contributed by atoms with Crippen LogP contribution in [0, 0.1) is 23.7 Å². The highest BCUT2D eigenvalue weighted by molar-refractivity contribution is 5.24. The van der Waals surface area contributed by atoms with Gasteiger partial charge in [0.25, 0.3) is 0 Å². The van der Waals surface area contributed by atoms with E-state index in [1.807, 2.05) is 13.2 Å². The van der Waals surface area contributed by atoms with Crippen LogP contribution in [0.3, 0.4) is 0 Å². The van der Waals surface area contributed by atoms with Gasteiger partial charge in [-0.15, -0.1) is 0 Å². The minimum absolute atomic E-state index is 0.781. The monoisotopic (exact) mass is 245 g/mol. The molecule has 0 amide bonds. The summed E-state index contributed by atoms with van der Waals surface area (Å²) in [6, 6.07) is 0. The quantitative estimate of drug-likeness (QED) is 0.859. The average Bonchev–Trinajstić information content (AvgIpc) is 2.76. The molecule has 0 aromatic carbocycles. The Morgan fingerprint density at radius 3 is 2.44 bits per heavy atom. The number of nitrogens with zero attached hydrogens (tertiary/aromatic N) is 1. The first-order chi connectivity index (χ1) is 8.85. The van der Waals surface area contributed by atoms with Gasteiger partial charge in [0.1, 0.15) is 0 Å². The number of hydrogen-bond donors (Lipinski definition) is 2. The molecule has 98 valence electrons. The number of aromatic amines is 1. The molecule has 0 atom stereocenters. The lowest BCUT2D eigenvalue weighted by Gasteiger charge is -2.54. The van der Waals surface area contributed by atoms with Crippen LogP contribution in [0.2, 0.25) is 0 Å². The van der Waals surface area contributed by atoms with Gasteiger partial charge in [-0.3, -0.25) is 5.10 Å². The molecule has 1 aromatic heterocycles. The van der Waals surface area contributed by atoms with Crippen LogP contribution >= 0.6 is 0 Å². The van der Waals surface area contributed by atoms with Crippen molar-refractivity contribution in [2.24, 2.45) is 23.7 Å². The summed E-state index contributed by atoms with van der Waals surface area (Å²) in [4.78, 5) is 0. The fourth-order valence-corrected chi connectivity index (χ4v) is 5.34. The highest BCUT2D eigenvalue weighted by Gasteiger charge is 2.49. The molecule has 4 fully saturated rings. The van der Waals surface area contributed by atoms with Crippen LogP contribution in [0.1, 0.15) is 49.3 Å². The Bertz CT molecular complexity index is 409. The van der Waals surface area contributed by atoms with Gasteiger partial charge in [0.15, 0.2) is 0 Å². The summed E-state index contributed by atoms with van der Waals surface area (Å²) in [5.41, 5.74) is 2.85. The summed E-state index contributed by atoms with van der Waals surface area (Å²) >= 11 is 0. The van der Waals surface area contributed by atoms with E-state index >= 15 is 0 Å². The summed E-state index contributed by atoms with van der Waals surface area (Å²) in [5.74, 6) is 4.78. The van der Waals surface area contributed by atoms with Gasteiger partial charge in [0.2, 0.25) is 0 Å². The number of hydrogen-bond acceptors (Lipinski definition) is 2. The van der Waals surface area contributed by atoms with Crippen LogP contribution in [-0.2, 0) is 6.54 Å². The number of aromatic nitrogens is 2. The third kappa shape index (κ3) is 1.56. The minimum atomic E-state index is 0.781. The SMILES string of the molecule is CNCc1cn[nH]c1C1C2CC3CC(C2)CC1C3. The molecule has 4 bridgehead atoms. The molecule has 4 saturated carbocycles. The van der Waals surface area contributed by atoms with Crippen molar-refractivity contribution < 1.29 is 0 Å². The van der Waals surface area contributed by atoms with Gasteiger partial charge in [-0.05, 0) is 62.8 Å². The third-order valence-electron chi connectivity index (χ3n) is 5.68. The van der Waals surface area contributed by atoms with Crippen molar-refractivity contribution in [3.05, 3.63) is 17.5 Å². The van der Waals surface area contributed by atoms with E-state index in [0.29, 0.717) is 0 Å². The van der Waals surface area contributed by atoms with Crippen molar-refractivity contribution in [1.29, 1.82) is 0 Å². The smallest absolute Gasteiger partial charge is 0.0535 e. The fraction of sp³-hybridized carbons (Fsp3) is 0.800. The van der Waals surface area contributed by atoms with Crippen molar-refractivity contribution in [3.63, 3.8) is 0 Å². The van der Waals surface area contributed by atoms with Gasteiger partial charge < -0.3 is 5.32 Å². The Labute approximate surface area is 109 Å². The lowest BCUT2D eigenvalue weighted by molar-refractivity contribution is -0.00446. The van der Waals surface area contributed by atoms with Gasteiger partial charge in [-0.25, -0.2) is 0 Å². The molecular formula is C15H23N3. The molecule has 2 N–H and O–H groups in total. The van der Waals surface area contributed by atoms with Crippen molar-refractivity contribution in [2.75, 3.05) is 7.05 Å². The molecule has 1 heterocycles. The summed E-state index contributed by atoms with van der Waals surface area (Å²) in [5, 5.41) is 10.9. The Morgan fingerprint density at radius 2 is 1.83 bits per heavy atom. The second-order valence-electron chi connectivity index (χ2n) is 6.80. The molecule has 1 aromatic rings. The minimum Gasteiger partial charge on any atom is -0.316 e. The Hall–Kier alpha value is -0.830. The van der Waals surface area contributed by atoms with Crippen LogP contribution < -0.4 is 5.32 Å². The number of rotatable bonds is 3. The zero-order valence-electron chi connectivity index (χ0n) is 11.2. The molecule has 0 unspecified atom stereocenters. The van der Waals surface area contributed by atoms with Gasteiger partial charge in [-0.1, -0.05) is 0 Å². The largest absolute Gasteiger partial charge is 0.316 e. The van der Waals surface area contributed by atoms with E-state index in [1.165, 1.54) is 43.4 Å². The van der Waals surface area contributed by atoms with Gasteiger partial charge in [-0.2, -0.15) is 5.10 Å². The Balaban J connectivity index is 1.66. The zero-order valence-corrected chi connectivity index (χ0v) is 11.2. The van der Waals surface area contributed by atoms with Gasteiger partial charge >= 0.3 is 0 Å². The summed E-state index contributed by atoms with van der Waals surface area (Å²) < 4.78 is 0. The molecule has 0 aliphatic heterocycles. The molecule has 3 heteroatoms. The first kappa shape index (κ1) is 11.0. The van der Waals surface area contributed by atoms with E-state index in [-0.39, 0.29) is 0 Å². The van der Waals surface area contributed by atoms with E-state index in [1.54, 1.807) is 0 Å². The first-order valence-electron chi connectivity index (χ1n) is 7.52. The van der Waals surface area contributed by atoms with E-state index in [0.717, 1.165) is 36.1 Å². The molecule has 0 saturated heterocycles. The van der Waals surface area contributed by atoms with Crippen LogP contribution in [0.5, 0.6) is 0 Å². The highest BCUT2D eigenvalue weighted by Crippen LogP contribution is 2.59. The number of H-pyrrole nitrogens is 1. The molecule has 0 radical (unpaired) electrons. The highest BCUT2D eigenvalue weighted by atomic mass is 15.1. The molecule has 5 rings (SSSR count). The molecule has 3 nitrogen and oxygen atoms in total. The fourth-order valence-electron chi connectivity index (χ4n) is 5.34. The van der Waals surface area contributed by atoms with E-state index in [4.69, 9.17) is 0 Å². The summed E-state index contributed by atoms with van der Waals surface area (Å²) in [6.07, 6.45) is 9.49. The number of nitrogens with one attached hydrogen (secondary N) is 2. The van der Waals surface area contributed by atoms with E-state index < -0.39 is 0 Å². The Morgan fingerprint density at radius 1 is 1.17 bits per heavy atom. The van der Waals surface area contributed by atoms with Crippen LogP contribution in [0.15, 0.2) is 6.20 Å². The second-order valence-corrected chi connectivity index (χ2v) is 6.80. The first-order valence-corrected chi connectivity index (χ1v) is 7.52. The van der Waals surface area contributed by atoms with Crippen molar-refractivity contribution in [1.82, 2.24) is 15.5 Å². The lowest BCUT2D eigenvalue weighted by Crippen LogP contribution is -2.44. The van der Waals surface area contributed by atoms with E-state index in [2.05, 4.69) is 15.5 Å². The molecule has 18 heavy (non-hydrogen) atoms. The zero-order chi connectivity index (χ0) is 12.1. The predicted molar refractivity (Wildman–Crippen MR) is 71.1 cm³/mol. The van der Waals surface area contributed by atoms with Crippen molar-refractivity contribution >= 4 is 0 Å². The van der Waals surface area contributed by atoms with Crippen LogP contribution in [0.25, 0.3) is 0 Å². The Kier molecular flexibility index (Phi) is 2.51. The summed E-state index contributed by atoms with van der Waals surface area (Å²) in [7, 11) is 2.02. The van der Waals surface area contributed by atoms with Crippen LogP contribution in [-0.4, -0.2) is 17.2 Å². The standard InChI is InChI=1S/C15H23N3/c1-16-7-13-8-17-18-15(13)14-11-3-9-2-10(5-11)6-12(14)4-9/h8-12,14,16H,2-7H2,1H3,(H,17,18). The van der Waals surface area contributed by atoms with Crippen LogP contribution in [0.4, 0.5) is 0 Å². The van der Waals surface area contributed by atoms with Crippen molar-refractivity contribution in [2.45, 2.75) is 44.6 Å². The van der Waals surface area contributed by atoms with Gasteiger partial charge in [0.05, 0.1) is 6.20 Å².